The molecule has 0 heterocycles. The predicted octanol–water partition coefficient (Wildman–Crippen LogP) is 3.63. The summed E-state index contributed by atoms with van der Waals surface area (Å²) in [6.45, 7) is 1.92. The van der Waals surface area contributed by atoms with Crippen LogP contribution >= 0.6 is 0 Å². The van der Waals surface area contributed by atoms with Crippen molar-refractivity contribution in [1.82, 2.24) is 5.32 Å². The smallest absolute Gasteiger partial charge is 0.328 e. The van der Waals surface area contributed by atoms with Gasteiger partial charge in [-0.25, -0.2) is 4.79 Å². The molecule has 3 rings (SSSR count). The minimum atomic E-state index is -0.864. The van der Waals surface area contributed by atoms with Crippen LogP contribution in [-0.4, -0.2) is 42.8 Å². The molecule has 1 unspecified atom stereocenters. The second-order valence-corrected chi connectivity index (χ2v) is 7.54. The fraction of sp³-hybridized carbons (Fsp3) is 0.417. The van der Waals surface area contributed by atoms with Gasteiger partial charge in [0.15, 0.2) is 11.5 Å². The number of carbonyl (C=O) groups excluding carboxylic acids is 2. The third-order valence-electron chi connectivity index (χ3n) is 5.27. The number of nitrogens with one attached hydrogen (secondary N) is 1. The van der Waals surface area contributed by atoms with Crippen LogP contribution in [0, 0.1) is 0 Å². The van der Waals surface area contributed by atoms with E-state index in [9.17, 15) is 14.7 Å². The second-order valence-electron chi connectivity index (χ2n) is 7.54. The van der Waals surface area contributed by atoms with Crippen LogP contribution < -0.4 is 14.8 Å². The maximum Gasteiger partial charge on any atom is 0.328 e. The van der Waals surface area contributed by atoms with Crippen LogP contribution in [0.5, 0.6) is 17.2 Å². The first-order valence-corrected chi connectivity index (χ1v) is 10.6. The van der Waals surface area contributed by atoms with Crippen molar-refractivity contribution < 1.29 is 28.9 Å². The van der Waals surface area contributed by atoms with Crippen LogP contribution in [-0.2, 0) is 16.0 Å². The summed E-state index contributed by atoms with van der Waals surface area (Å²) in [6, 6.07) is 10.6. The number of rotatable bonds is 9. The van der Waals surface area contributed by atoms with E-state index < -0.39 is 17.9 Å². The molecule has 0 bridgehead atoms. The lowest BCUT2D eigenvalue weighted by Crippen LogP contribution is -2.43. The van der Waals surface area contributed by atoms with Gasteiger partial charge in [0, 0.05) is 12.0 Å². The molecule has 31 heavy (non-hydrogen) atoms. The fourth-order valence-corrected chi connectivity index (χ4v) is 3.64. The summed E-state index contributed by atoms with van der Waals surface area (Å²) < 4.78 is 16.6. The number of phenols is 1. The van der Waals surface area contributed by atoms with Crippen LogP contribution in [0.25, 0.3) is 0 Å². The van der Waals surface area contributed by atoms with Gasteiger partial charge in [0.05, 0.1) is 19.8 Å². The van der Waals surface area contributed by atoms with E-state index in [2.05, 4.69) is 5.32 Å². The van der Waals surface area contributed by atoms with E-state index in [1.54, 1.807) is 37.3 Å². The summed E-state index contributed by atoms with van der Waals surface area (Å²) in [5.41, 5.74) is 1.14. The molecule has 1 aliphatic carbocycles. The van der Waals surface area contributed by atoms with E-state index in [4.69, 9.17) is 14.2 Å². The highest BCUT2D eigenvalue weighted by Crippen LogP contribution is 2.32. The van der Waals surface area contributed by atoms with E-state index >= 15 is 0 Å². The van der Waals surface area contributed by atoms with Crippen molar-refractivity contribution >= 4 is 11.9 Å². The number of ether oxygens (including phenoxy) is 3. The highest BCUT2D eigenvalue weighted by atomic mass is 16.5. The first kappa shape index (κ1) is 22.5. The SMILES string of the molecule is CCOC(=O)C(Cc1ccc(O)cc1)NC(=O)c1ccc(OC2CCCC2)c(OC)c1. The third kappa shape index (κ3) is 6.13. The molecule has 2 N–H and O–H groups in total. The summed E-state index contributed by atoms with van der Waals surface area (Å²) in [4.78, 5) is 25.3. The van der Waals surface area contributed by atoms with Crippen LogP contribution in [0.1, 0.15) is 48.5 Å². The molecule has 2 aromatic rings. The lowest BCUT2D eigenvalue weighted by atomic mass is 10.0. The van der Waals surface area contributed by atoms with Crippen molar-refractivity contribution in [3.63, 3.8) is 0 Å². The van der Waals surface area contributed by atoms with Gasteiger partial charge in [-0.2, -0.15) is 0 Å². The Kier molecular flexibility index (Phi) is 7.76. The monoisotopic (exact) mass is 427 g/mol. The number of phenolic OH excluding ortho intramolecular Hbond substituents is 1. The zero-order chi connectivity index (χ0) is 22.2. The maximum absolute atomic E-state index is 12.9. The second kappa shape index (κ2) is 10.7. The van der Waals surface area contributed by atoms with Crippen LogP contribution in [0.15, 0.2) is 42.5 Å². The number of esters is 1. The zero-order valence-corrected chi connectivity index (χ0v) is 17.9. The Morgan fingerprint density at radius 2 is 1.81 bits per heavy atom. The Morgan fingerprint density at radius 1 is 1.10 bits per heavy atom. The van der Waals surface area contributed by atoms with E-state index in [0.29, 0.717) is 17.1 Å². The molecule has 1 amide bonds. The highest BCUT2D eigenvalue weighted by Gasteiger charge is 2.24. The Balaban J connectivity index is 1.73. The first-order valence-electron chi connectivity index (χ1n) is 10.6. The van der Waals surface area contributed by atoms with Crippen molar-refractivity contribution in [2.24, 2.45) is 0 Å². The molecule has 166 valence electrons. The lowest BCUT2D eigenvalue weighted by Gasteiger charge is -2.19. The molecule has 1 fully saturated rings. The quantitative estimate of drug-likeness (QED) is 0.594. The van der Waals surface area contributed by atoms with Crippen molar-refractivity contribution in [3.05, 3.63) is 53.6 Å². The van der Waals surface area contributed by atoms with Gasteiger partial charge in [-0.1, -0.05) is 12.1 Å². The number of hydrogen-bond acceptors (Lipinski definition) is 6. The minimum Gasteiger partial charge on any atom is -0.508 e. The predicted molar refractivity (Wildman–Crippen MR) is 116 cm³/mol. The van der Waals surface area contributed by atoms with E-state index in [0.717, 1.165) is 31.2 Å². The number of aromatic hydroxyl groups is 1. The molecule has 7 nitrogen and oxygen atoms in total. The fourth-order valence-electron chi connectivity index (χ4n) is 3.64. The summed E-state index contributed by atoms with van der Waals surface area (Å²) >= 11 is 0. The molecule has 0 spiro atoms. The van der Waals surface area contributed by atoms with E-state index in [1.165, 1.54) is 19.2 Å². The number of hydrogen-bond donors (Lipinski definition) is 2. The molecule has 1 aliphatic rings. The average Bonchev–Trinajstić information content (AvgIpc) is 3.28. The molecule has 0 radical (unpaired) electrons. The normalized spacial score (nSPS) is 14.6. The van der Waals surface area contributed by atoms with Gasteiger partial charge >= 0.3 is 5.97 Å². The zero-order valence-electron chi connectivity index (χ0n) is 17.9. The molecule has 0 saturated heterocycles. The lowest BCUT2D eigenvalue weighted by molar-refractivity contribution is -0.145. The van der Waals surface area contributed by atoms with Crippen molar-refractivity contribution in [3.8, 4) is 17.2 Å². The highest BCUT2D eigenvalue weighted by molar-refractivity contribution is 5.97. The largest absolute Gasteiger partial charge is 0.508 e. The Labute approximate surface area is 182 Å². The molecule has 0 aromatic heterocycles. The van der Waals surface area contributed by atoms with Crippen LogP contribution in [0.4, 0.5) is 0 Å². The molecule has 7 heteroatoms. The molecule has 0 aliphatic heterocycles. The minimum absolute atomic E-state index is 0.132. The van der Waals surface area contributed by atoms with Gasteiger partial charge in [0.2, 0.25) is 0 Å². The summed E-state index contributed by atoms with van der Waals surface area (Å²) in [5.74, 6) is 0.287. The number of carbonyl (C=O) groups is 2. The van der Waals surface area contributed by atoms with E-state index in [-0.39, 0.29) is 24.9 Å². The molecule has 2 aromatic carbocycles. The van der Waals surface area contributed by atoms with Crippen molar-refractivity contribution in [2.75, 3.05) is 13.7 Å². The van der Waals surface area contributed by atoms with Gasteiger partial charge in [-0.3, -0.25) is 4.79 Å². The number of methoxy groups -OCH3 is 1. The topological polar surface area (TPSA) is 94.1 Å². The first-order chi connectivity index (χ1) is 15.0. The van der Waals surface area contributed by atoms with Crippen molar-refractivity contribution in [2.45, 2.75) is 51.2 Å². The van der Waals surface area contributed by atoms with Crippen LogP contribution in [0.3, 0.4) is 0 Å². The van der Waals surface area contributed by atoms with Gasteiger partial charge in [0.25, 0.3) is 5.91 Å². The van der Waals surface area contributed by atoms with Gasteiger partial charge in [0.1, 0.15) is 11.8 Å². The van der Waals surface area contributed by atoms with Gasteiger partial charge in [-0.15, -0.1) is 0 Å². The van der Waals surface area contributed by atoms with Gasteiger partial charge in [-0.05, 0) is 68.5 Å². The Morgan fingerprint density at radius 3 is 2.45 bits per heavy atom. The maximum atomic E-state index is 12.9. The molecular weight excluding hydrogens is 398 g/mol. The molecule has 1 saturated carbocycles. The Hall–Kier alpha value is -3.22. The Bertz CT molecular complexity index is 889. The summed E-state index contributed by atoms with van der Waals surface area (Å²) in [7, 11) is 1.53. The molecular formula is C24H29NO6. The third-order valence-corrected chi connectivity index (χ3v) is 5.27. The molecule has 1 atom stereocenters. The summed E-state index contributed by atoms with van der Waals surface area (Å²) in [6.07, 6.45) is 4.76. The summed E-state index contributed by atoms with van der Waals surface area (Å²) in [5, 5.41) is 12.2. The number of amides is 1. The van der Waals surface area contributed by atoms with Crippen LogP contribution in [0.2, 0.25) is 0 Å². The number of benzene rings is 2. The van der Waals surface area contributed by atoms with Crippen molar-refractivity contribution in [1.29, 1.82) is 0 Å². The van der Waals surface area contributed by atoms with Gasteiger partial charge < -0.3 is 24.6 Å². The average molecular weight is 427 g/mol. The van der Waals surface area contributed by atoms with E-state index in [1.807, 2.05) is 0 Å². The standard InChI is InChI=1S/C24H29NO6/c1-3-30-24(28)20(14-16-8-11-18(26)12-9-16)25-23(27)17-10-13-21(22(15-17)29-2)31-19-6-4-5-7-19/h8-13,15,19-20,26H,3-7,14H2,1-2H3,(H,25,27).